The molecule has 0 bridgehead atoms. The van der Waals surface area contributed by atoms with E-state index in [0.717, 1.165) is 11.3 Å². The second kappa shape index (κ2) is 6.16. The van der Waals surface area contributed by atoms with Crippen molar-refractivity contribution >= 4 is 46.2 Å². The van der Waals surface area contributed by atoms with Crippen molar-refractivity contribution in [3.05, 3.63) is 70.1 Å². The Balaban J connectivity index is 1.82. The summed E-state index contributed by atoms with van der Waals surface area (Å²) in [5.74, 6) is -0.135. The van der Waals surface area contributed by atoms with Crippen LogP contribution < -0.4 is 5.32 Å². The van der Waals surface area contributed by atoms with Gasteiger partial charge in [-0.3, -0.25) is 4.79 Å². The van der Waals surface area contributed by atoms with E-state index in [-0.39, 0.29) is 5.91 Å². The monoisotopic (exact) mass is 314 g/mol. The highest BCUT2D eigenvalue weighted by atomic mass is 35.5. The minimum atomic E-state index is -0.135. The maximum atomic E-state index is 11.9. The van der Waals surface area contributed by atoms with Crippen LogP contribution in [0.3, 0.4) is 0 Å². The maximum absolute atomic E-state index is 11.9. The van der Waals surface area contributed by atoms with Crippen molar-refractivity contribution in [2.45, 2.75) is 0 Å². The van der Waals surface area contributed by atoms with Gasteiger partial charge in [0.05, 0.1) is 10.6 Å². The first-order chi connectivity index (χ1) is 10.2. The summed E-state index contributed by atoms with van der Waals surface area (Å²) in [5, 5.41) is 4.03. The molecule has 1 amide bonds. The molecule has 1 fully saturated rings. The van der Waals surface area contributed by atoms with Crippen LogP contribution in [-0.4, -0.2) is 11.1 Å². The zero-order chi connectivity index (χ0) is 14.7. The molecule has 0 saturated carbocycles. The number of nitrogens with zero attached hydrogens (tertiary/aromatic N) is 1. The number of carbonyl (C=O) groups excluding carboxylic acids is 1. The van der Waals surface area contributed by atoms with Crippen molar-refractivity contribution in [2.75, 3.05) is 0 Å². The Labute approximate surface area is 131 Å². The van der Waals surface area contributed by atoms with Crippen LogP contribution in [-0.2, 0) is 4.79 Å². The number of nitrogens with one attached hydrogen (secondary N) is 1. The van der Waals surface area contributed by atoms with Crippen LogP contribution in [0.2, 0.25) is 5.02 Å². The molecule has 104 valence electrons. The fraction of sp³-hybridized carbons (Fsp3) is 0. The Morgan fingerprint density at radius 1 is 1.05 bits per heavy atom. The van der Waals surface area contributed by atoms with E-state index in [2.05, 4.69) is 10.3 Å². The lowest BCUT2D eigenvalue weighted by atomic mass is 10.2. The molecule has 1 heterocycles. The van der Waals surface area contributed by atoms with Gasteiger partial charge >= 0.3 is 0 Å². The normalized spacial score (nSPS) is 18.2. The molecular formula is C16H11ClN2OS. The van der Waals surface area contributed by atoms with Gasteiger partial charge in [0.15, 0.2) is 5.17 Å². The topological polar surface area (TPSA) is 41.5 Å². The summed E-state index contributed by atoms with van der Waals surface area (Å²) in [5.41, 5.74) is 1.74. The molecule has 1 aliphatic heterocycles. The van der Waals surface area contributed by atoms with E-state index in [9.17, 15) is 4.79 Å². The van der Waals surface area contributed by atoms with Gasteiger partial charge in [-0.05, 0) is 47.7 Å². The number of thioether (sulfide) groups is 1. The van der Waals surface area contributed by atoms with Gasteiger partial charge in [-0.15, -0.1) is 0 Å². The summed E-state index contributed by atoms with van der Waals surface area (Å²) >= 11 is 7.18. The van der Waals surface area contributed by atoms with Crippen LogP contribution in [0.5, 0.6) is 0 Å². The number of benzene rings is 2. The fourth-order valence-corrected chi connectivity index (χ4v) is 2.78. The number of hydrogen-bond donors (Lipinski definition) is 1. The van der Waals surface area contributed by atoms with Crippen LogP contribution >= 0.6 is 23.4 Å². The average Bonchev–Trinajstić information content (AvgIpc) is 2.82. The third-order valence-corrected chi connectivity index (χ3v) is 3.97. The molecule has 0 atom stereocenters. The summed E-state index contributed by atoms with van der Waals surface area (Å²) in [6, 6.07) is 16.9. The highest BCUT2D eigenvalue weighted by molar-refractivity contribution is 8.18. The number of halogens is 1. The average molecular weight is 315 g/mol. The maximum Gasteiger partial charge on any atom is 0.264 e. The lowest BCUT2D eigenvalue weighted by Crippen LogP contribution is -2.19. The van der Waals surface area contributed by atoms with Gasteiger partial charge < -0.3 is 5.32 Å². The van der Waals surface area contributed by atoms with Gasteiger partial charge in [-0.2, -0.15) is 0 Å². The molecule has 0 radical (unpaired) electrons. The van der Waals surface area contributed by atoms with Crippen LogP contribution in [0.25, 0.3) is 6.08 Å². The third kappa shape index (κ3) is 3.54. The number of amides is 1. The quantitative estimate of drug-likeness (QED) is 0.843. The Hall–Kier alpha value is -2.04. The molecule has 1 N–H and O–H groups in total. The SMILES string of the molecule is O=C1NC(=Nc2ccccc2)S/C1=C/c1ccc(Cl)cc1. The van der Waals surface area contributed by atoms with E-state index in [0.29, 0.717) is 15.1 Å². The summed E-state index contributed by atoms with van der Waals surface area (Å²) in [7, 11) is 0. The van der Waals surface area contributed by atoms with Crippen molar-refractivity contribution in [3.8, 4) is 0 Å². The molecule has 5 heteroatoms. The first kappa shape index (κ1) is 13.9. The lowest BCUT2D eigenvalue weighted by molar-refractivity contribution is -0.115. The smallest absolute Gasteiger partial charge is 0.264 e. The molecule has 1 aliphatic rings. The number of aliphatic imine (C=N–C) groups is 1. The molecule has 2 aromatic carbocycles. The van der Waals surface area contributed by atoms with Gasteiger partial charge in [0.1, 0.15) is 0 Å². The first-order valence-corrected chi connectivity index (χ1v) is 7.50. The van der Waals surface area contributed by atoms with Crippen molar-refractivity contribution < 1.29 is 4.79 Å². The Morgan fingerprint density at radius 3 is 2.48 bits per heavy atom. The predicted molar refractivity (Wildman–Crippen MR) is 88.7 cm³/mol. The van der Waals surface area contributed by atoms with Gasteiger partial charge in [0.2, 0.25) is 0 Å². The van der Waals surface area contributed by atoms with E-state index in [1.807, 2.05) is 48.5 Å². The van der Waals surface area contributed by atoms with E-state index in [1.54, 1.807) is 12.1 Å². The largest absolute Gasteiger partial charge is 0.300 e. The van der Waals surface area contributed by atoms with Crippen molar-refractivity contribution in [2.24, 2.45) is 4.99 Å². The molecule has 0 aromatic heterocycles. The predicted octanol–water partition coefficient (Wildman–Crippen LogP) is 4.23. The van der Waals surface area contributed by atoms with Gasteiger partial charge in [0.25, 0.3) is 5.91 Å². The molecule has 0 aliphatic carbocycles. The van der Waals surface area contributed by atoms with E-state index in [4.69, 9.17) is 11.6 Å². The fourth-order valence-electron chi connectivity index (χ4n) is 1.81. The molecule has 3 nitrogen and oxygen atoms in total. The first-order valence-electron chi connectivity index (χ1n) is 6.31. The van der Waals surface area contributed by atoms with Gasteiger partial charge in [0, 0.05) is 5.02 Å². The molecule has 1 saturated heterocycles. The van der Waals surface area contributed by atoms with Crippen LogP contribution in [0, 0.1) is 0 Å². The zero-order valence-corrected chi connectivity index (χ0v) is 12.5. The lowest BCUT2D eigenvalue weighted by Gasteiger charge is -1.95. The number of para-hydroxylation sites is 1. The minimum Gasteiger partial charge on any atom is -0.300 e. The highest BCUT2D eigenvalue weighted by Crippen LogP contribution is 2.28. The third-order valence-electron chi connectivity index (χ3n) is 2.81. The molecular weight excluding hydrogens is 304 g/mol. The Bertz CT molecular complexity index is 724. The van der Waals surface area contributed by atoms with Crippen LogP contribution in [0.4, 0.5) is 5.69 Å². The summed E-state index contributed by atoms with van der Waals surface area (Å²) in [6.07, 6.45) is 1.82. The molecule has 0 spiro atoms. The molecule has 3 rings (SSSR count). The van der Waals surface area contributed by atoms with E-state index < -0.39 is 0 Å². The zero-order valence-electron chi connectivity index (χ0n) is 10.9. The van der Waals surface area contributed by atoms with Gasteiger partial charge in [-0.1, -0.05) is 41.9 Å². The molecule has 21 heavy (non-hydrogen) atoms. The Morgan fingerprint density at radius 2 is 1.76 bits per heavy atom. The second-order valence-corrected chi connectivity index (χ2v) is 5.84. The standard InChI is InChI=1S/C16H11ClN2OS/c17-12-8-6-11(7-9-12)10-14-15(20)19-16(21-14)18-13-4-2-1-3-5-13/h1-10H,(H,18,19,20)/b14-10+. The van der Waals surface area contributed by atoms with E-state index in [1.165, 1.54) is 11.8 Å². The second-order valence-electron chi connectivity index (χ2n) is 4.37. The van der Waals surface area contributed by atoms with Crippen molar-refractivity contribution in [1.82, 2.24) is 5.32 Å². The highest BCUT2D eigenvalue weighted by Gasteiger charge is 2.23. The van der Waals surface area contributed by atoms with Crippen LogP contribution in [0.1, 0.15) is 5.56 Å². The minimum absolute atomic E-state index is 0.135. The number of hydrogen-bond acceptors (Lipinski definition) is 3. The summed E-state index contributed by atoms with van der Waals surface area (Å²) < 4.78 is 0. The Kier molecular flexibility index (Phi) is 4.08. The van der Waals surface area contributed by atoms with Crippen molar-refractivity contribution in [3.63, 3.8) is 0 Å². The summed E-state index contributed by atoms with van der Waals surface area (Å²) in [6.45, 7) is 0. The van der Waals surface area contributed by atoms with Crippen molar-refractivity contribution in [1.29, 1.82) is 0 Å². The molecule has 2 aromatic rings. The molecule has 0 unspecified atom stereocenters. The van der Waals surface area contributed by atoms with E-state index >= 15 is 0 Å². The number of amidine groups is 1. The number of carbonyl (C=O) groups is 1. The van der Waals surface area contributed by atoms with Crippen LogP contribution in [0.15, 0.2) is 64.5 Å². The van der Waals surface area contributed by atoms with Gasteiger partial charge in [-0.25, -0.2) is 4.99 Å². The number of rotatable bonds is 2. The summed E-state index contributed by atoms with van der Waals surface area (Å²) in [4.78, 5) is 17.0.